The molecule has 436 valence electrons. The Labute approximate surface area is 473 Å². The fourth-order valence-corrected chi connectivity index (χ4v) is 12.4. The molecule has 6 aromatic rings. The Morgan fingerprint density at radius 3 is 1.64 bits per heavy atom. The number of ether oxygens (including phenoxy) is 4. The minimum absolute atomic E-state index is 0.0335. The zero-order chi connectivity index (χ0) is 57.0. The standard InChI is InChI=1S/C27H36FN9O3.C14H20ClFN4.C13H17N5O3/c1-27(2)15-18(13-19-5-4-10-36(19)27)30-24-21(28)16-29-25(32-24)31-17-6-7-23(40-20-8-11-39-12-9-20)22(14-17)37-26(38)35(3)33-34-37;1-14(2)7-9(6-10-4-3-5-20(10)14)18-12-11(16)8-17-13(15)19-12;1-17-13(19)18(16-15-17)11-8-9(14)2-3-12(11)21-10-4-6-20-7-5-10/h6-7,14,16,18-20H,4-5,8-13,15H2,1-3H3,(H2,29,30,31,32);8-10H,3-7H2,1-2H3,(H,17,18,19);2-3,8,10H,4-7,14H2,1H3/t18-,19+;9-,10+;/m11./s1. The number of nitrogens with one attached hydrogen (secondary N) is 3. The molecule has 12 rings (SSSR count). The molecule has 5 N–H and O–H groups in total. The molecule has 0 radical (unpaired) electrons. The Bertz CT molecular complexity index is 3250. The number of tetrazole rings is 2. The molecule has 6 saturated heterocycles. The molecule has 4 aromatic heterocycles. The van der Waals surface area contributed by atoms with Gasteiger partial charge < -0.3 is 40.6 Å². The molecule has 0 unspecified atom stereocenters. The fourth-order valence-electron chi connectivity index (χ4n) is 12.3. The van der Waals surface area contributed by atoms with Crippen molar-refractivity contribution in [3.8, 4) is 22.9 Å². The highest BCUT2D eigenvalue weighted by atomic mass is 35.5. The molecule has 4 atom stereocenters. The van der Waals surface area contributed by atoms with Crippen LogP contribution in [0, 0.1) is 11.6 Å². The molecule has 27 heteroatoms. The Kier molecular flexibility index (Phi) is 17.5. The largest absolute Gasteiger partial charge is 0.488 e. The number of nitrogens with zero attached hydrogens (tertiary/aromatic N) is 14. The van der Waals surface area contributed by atoms with Gasteiger partial charge in [0.25, 0.3) is 0 Å². The lowest BCUT2D eigenvalue weighted by molar-refractivity contribution is 0.0253. The third-order valence-corrected chi connectivity index (χ3v) is 16.3. The number of rotatable bonds is 12. The molecule has 0 aliphatic carbocycles. The third kappa shape index (κ3) is 13.6. The number of nitrogen functional groups attached to an aromatic ring is 1. The second kappa shape index (κ2) is 24.7. The van der Waals surface area contributed by atoms with E-state index in [2.05, 4.69) is 94.2 Å². The average molecular weight is 1140 g/mol. The van der Waals surface area contributed by atoms with Gasteiger partial charge in [-0.25, -0.2) is 28.3 Å². The quantitative estimate of drug-likeness (QED) is 0.0784. The first-order chi connectivity index (χ1) is 38.9. The van der Waals surface area contributed by atoms with Gasteiger partial charge in [0, 0.05) is 86.4 Å². The van der Waals surface area contributed by atoms with Crippen molar-refractivity contribution < 1.29 is 27.7 Å². The van der Waals surface area contributed by atoms with Gasteiger partial charge in [0.15, 0.2) is 23.3 Å². The van der Waals surface area contributed by atoms with E-state index in [4.69, 9.17) is 36.3 Å². The second-order valence-electron chi connectivity index (χ2n) is 22.9. The molecule has 0 amide bonds. The number of anilines is 5. The van der Waals surface area contributed by atoms with Gasteiger partial charge in [0.05, 0.1) is 38.8 Å². The fraction of sp³-hybridized carbons (Fsp3) is 0.593. The van der Waals surface area contributed by atoms with E-state index in [0.717, 1.165) is 73.5 Å². The van der Waals surface area contributed by atoms with Gasteiger partial charge in [-0.05, 0) is 161 Å². The molecule has 2 aromatic carbocycles. The van der Waals surface area contributed by atoms with Crippen molar-refractivity contribution in [2.75, 3.05) is 61.2 Å². The lowest BCUT2D eigenvalue weighted by Crippen LogP contribution is -2.55. The van der Waals surface area contributed by atoms with Crippen molar-refractivity contribution in [1.29, 1.82) is 0 Å². The molecule has 6 aliphatic rings. The van der Waals surface area contributed by atoms with Gasteiger partial charge in [-0.1, -0.05) is 0 Å². The van der Waals surface area contributed by atoms with Gasteiger partial charge in [-0.15, -0.1) is 0 Å². The minimum Gasteiger partial charge on any atom is -0.488 e. The molecular weight excluding hydrogens is 1070 g/mol. The van der Waals surface area contributed by atoms with Crippen molar-refractivity contribution in [3.05, 3.63) is 86.7 Å². The molecule has 24 nitrogen and oxygen atoms in total. The summed E-state index contributed by atoms with van der Waals surface area (Å²) in [4.78, 5) is 46.1. The lowest BCUT2D eigenvalue weighted by Gasteiger charge is -2.47. The van der Waals surface area contributed by atoms with Crippen LogP contribution in [0.1, 0.15) is 105 Å². The highest BCUT2D eigenvalue weighted by Gasteiger charge is 2.44. The van der Waals surface area contributed by atoms with Crippen LogP contribution in [0.2, 0.25) is 5.28 Å². The maximum Gasteiger partial charge on any atom is 0.368 e. The maximum absolute atomic E-state index is 14.8. The van der Waals surface area contributed by atoms with Crippen molar-refractivity contribution in [1.82, 2.24) is 69.3 Å². The number of hydrogen-bond donors (Lipinski definition) is 4. The van der Waals surface area contributed by atoms with Crippen molar-refractivity contribution in [2.45, 2.75) is 152 Å². The van der Waals surface area contributed by atoms with E-state index in [-0.39, 0.29) is 63.9 Å². The van der Waals surface area contributed by atoms with Gasteiger partial charge >= 0.3 is 11.4 Å². The monoisotopic (exact) mass is 1140 g/mol. The summed E-state index contributed by atoms with van der Waals surface area (Å²) in [5.74, 6) is 0.760. The third-order valence-electron chi connectivity index (χ3n) is 16.1. The van der Waals surface area contributed by atoms with Crippen LogP contribution >= 0.6 is 11.6 Å². The Balaban J connectivity index is 0.000000151. The Morgan fingerprint density at radius 1 is 0.654 bits per heavy atom. The normalized spacial score (nSPS) is 22.8. The summed E-state index contributed by atoms with van der Waals surface area (Å²) in [6, 6.07) is 11.9. The van der Waals surface area contributed by atoms with Crippen molar-refractivity contribution in [2.24, 2.45) is 14.1 Å². The Hall–Kier alpha value is -6.87. The molecule has 81 heavy (non-hydrogen) atoms. The smallest absolute Gasteiger partial charge is 0.368 e. The van der Waals surface area contributed by atoms with Crippen LogP contribution in [0.25, 0.3) is 11.4 Å². The topological polar surface area (TPSA) is 262 Å². The zero-order valence-corrected chi connectivity index (χ0v) is 47.5. The van der Waals surface area contributed by atoms with E-state index in [1.165, 1.54) is 61.9 Å². The number of aromatic nitrogens is 12. The van der Waals surface area contributed by atoms with E-state index in [0.29, 0.717) is 72.8 Å². The Morgan fingerprint density at radius 2 is 1.14 bits per heavy atom. The number of nitrogens with two attached hydrogens (primary N) is 1. The molecule has 0 spiro atoms. The van der Waals surface area contributed by atoms with Gasteiger partial charge in [-0.3, -0.25) is 9.80 Å². The van der Waals surface area contributed by atoms with Crippen LogP contribution < -0.4 is 42.5 Å². The first-order valence-electron chi connectivity index (χ1n) is 27.9. The van der Waals surface area contributed by atoms with E-state index < -0.39 is 17.3 Å². The van der Waals surface area contributed by atoms with Gasteiger partial charge in [0.1, 0.15) is 35.1 Å². The first-order valence-corrected chi connectivity index (χ1v) is 28.3. The summed E-state index contributed by atoms with van der Waals surface area (Å²) >= 11 is 5.74. The number of hydrogen-bond acceptors (Lipinski definition) is 20. The molecular formula is C54H73ClF2N18O6. The van der Waals surface area contributed by atoms with Gasteiger partial charge in [0.2, 0.25) is 11.2 Å². The van der Waals surface area contributed by atoms with E-state index >= 15 is 0 Å². The molecule has 0 saturated carbocycles. The summed E-state index contributed by atoms with van der Waals surface area (Å²) < 4.78 is 56.2. The first kappa shape index (κ1) is 57.4. The highest BCUT2D eigenvalue weighted by Crippen LogP contribution is 2.40. The van der Waals surface area contributed by atoms with Crippen LogP contribution in [0.4, 0.5) is 37.7 Å². The SMILES string of the molecule is CC1(C)C[C@H](Nc2nc(Cl)ncc2F)C[C@@H]2CCCN21.Cn1nnn(-c2cc(N)ccc2OC2CCOCC2)c1=O.Cn1nnn(-c2cc(Nc3ncc(F)c(N[C@@H]4C[C@@H]5CCCN5C(C)(C)C4)n3)ccc2OC2CCOCC2)c1=O. The second-order valence-corrected chi connectivity index (χ2v) is 23.2. The molecule has 10 heterocycles. The van der Waals surface area contributed by atoms with Crippen LogP contribution in [0.5, 0.6) is 11.5 Å². The summed E-state index contributed by atoms with van der Waals surface area (Å²) in [5.41, 5.74) is 7.29. The number of piperidine rings is 2. The minimum atomic E-state index is -0.496. The predicted molar refractivity (Wildman–Crippen MR) is 300 cm³/mol. The van der Waals surface area contributed by atoms with Crippen molar-refractivity contribution >= 4 is 40.6 Å². The molecule has 0 bridgehead atoms. The van der Waals surface area contributed by atoms with E-state index in [9.17, 15) is 18.4 Å². The molecule has 6 fully saturated rings. The van der Waals surface area contributed by atoms with Crippen LogP contribution in [-0.2, 0) is 23.6 Å². The highest BCUT2D eigenvalue weighted by molar-refractivity contribution is 6.28. The maximum atomic E-state index is 14.8. The summed E-state index contributed by atoms with van der Waals surface area (Å²) in [7, 11) is 3.07. The zero-order valence-electron chi connectivity index (χ0n) is 46.7. The molecule has 6 aliphatic heterocycles. The summed E-state index contributed by atoms with van der Waals surface area (Å²) in [5, 5.41) is 25.2. The average Bonchev–Trinajstić information content (AvgIpc) is 4.28. The number of halogens is 3. The summed E-state index contributed by atoms with van der Waals surface area (Å²) in [6.45, 7) is 14.0. The van der Waals surface area contributed by atoms with Crippen molar-refractivity contribution in [3.63, 3.8) is 0 Å². The van der Waals surface area contributed by atoms with E-state index in [1.807, 2.05) is 0 Å². The van der Waals surface area contributed by atoms with Crippen LogP contribution in [0.15, 0.2) is 58.4 Å². The van der Waals surface area contributed by atoms with Crippen LogP contribution in [-0.4, -0.2) is 156 Å². The summed E-state index contributed by atoms with van der Waals surface area (Å²) in [6.07, 6.45) is 14.2. The predicted octanol–water partition coefficient (Wildman–Crippen LogP) is 6.21. The van der Waals surface area contributed by atoms with E-state index in [1.54, 1.807) is 36.4 Å². The number of benzene rings is 2. The van der Waals surface area contributed by atoms with Crippen LogP contribution in [0.3, 0.4) is 0 Å². The number of fused-ring (bicyclic) bond motifs is 2. The lowest BCUT2D eigenvalue weighted by atomic mass is 9.84. The number of aryl methyl sites for hydroxylation is 2. The van der Waals surface area contributed by atoms with Gasteiger partial charge in [-0.2, -0.15) is 28.7 Å².